The molecule has 160 valence electrons. The van der Waals surface area contributed by atoms with E-state index in [0.29, 0.717) is 27.4 Å². The van der Waals surface area contributed by atoms with Crippen molar-refractivity contribution < 1.29 is 14.6 Å². The molecule has 0 aliphatic heterocycles. The van der Waals surface area contributed by atoms with E-state index < -0.39 is 5.60 Å². The summed E-state index contributed by atoms with van der Waals surface area (Å²) in [6.07, 6.45) is 1.52. The molecule has 2 aromatic heterocycles. The van der Waals surface area contributed by atoms with Gasteiger partial charge in [0.2, 0.25) is 0 Å². The number of methoxy groups -OCH3 is 1. The zero-order valence-electron chi connectivity index (χ0n) is 17.3. The predicted octanol–water partition coefficient (Wildman–Crippen LogP) is 5.04. The molecule has 0 fully saturated rings. The number of halogens is 1. The van der Waals surface area contributed by atoms with Crippen LogP contribution in [-0.4, -0.2) is 34.0 Å². The number of aliphatic hydroxyl groups is 1. The monoisotopic (exact) mass is 500 g/mol. The fourth-order valence-electron chi connectivity index (χ4n) is 3.03. The van der Waals surface area contributed by atoms with Gasteiger partial charge in [-0.1, -0.05) is 28.1 Å². The van der Waals surface area contributed by atoms with Crippen LogP contribution in [0.4, 0.5) is 0 Å². The molecule has 0 amide bonds. The van der Waals surface area contributed by atoms with E-state index >= 15 is 0 Å². The van der Waals surface area contributed by atoms with Crippen molar-refractivity contribution in [2.24, 2.45) is 0 Å². The van der Waals surface area contributed by atoms with Crippen LogP contribution in [-0.2, 0) is 0 Å². The standard InChI is InChI=1S/C23H21BrN2O4S/c1-23(2,28)12-30-18-9-8-16(10-19(18)29-3)26-13-25-17-11-20(31-21(17)22(26)27)14-4-6-15(24)7-5-14/h4-11,13,28H,12H2,1-3H3. The Bertz CT molecular complexity index is 1290. The smallest absolute Gasteiger partial charge is 0.275 e. The molecule has 4 aromatic rings. The highest BCUT2D eigenvalue weighted by Gasteiger charge is 2.17. The van der Waals surface area contributed by atoms with Crippen LogP contribution in [0, 0.1) is 0 Å². The van der Waals surface area contributed by atoms with Gasteiger partial charge in [-0.3, -0.25) is 9.36 Å². The van der Waals surface area contributed by atoms with Gasteiger partial charge < -0.3 is 14.6 Å². The lowest BCUT2D eigenvalue weighted by atomic mass is 10.2. The zero-order chi connectivity index (χ0) is 22.2. The number of thiophene rings is 1. The van der Waals surface area contributed by atoms with Gasteiger partial charge in [0.25, 0.3) is 5.56 Å². The topological polar surface area (TPSA) is 73.6 Å². The van der Waals surface area contributed by atoms with Gasteiger partial charge >= 0.3 is 0 Å². The zero-order valence-corrected chi connectivity index (χ0v) is 19.7. The molecule has 0 atom stereocenters. The maximum atomic E-state index is 13.2. The Morgan fingerprint density at radius 1 is 1.13 bits per heavy atom. The summed E-state index contributed by atoms with van der Waals surface area (Å²) in [4.78, 5) is 18.7. The molecule has 0 saturated heterocycles. The summed E-state index contributed by atoms with van der Waals surface area (Å²) < 4.78 is 14.2. The number of hydrogen-bond acceptors (Lipinski definition) is 6. The molecule has 0 aliphatic rings. The molecule has 0 aliphatic carbocycles. The number of rotatable bonds is 6. The first kappa shape index (κ1) is 21.5. The first-order valence-electron chi connectivity index (χ1n) is 9.56. The first-order chi connectivity index (χ1) is 14.7. The third-order valence-electron chi connectivity index (χ3n) is 4.57. The van der Waals surface area contributed by atoms with E-state index in [-0.39, 0.29) is 12.2 Å². The van der Waals surface area contributed by atoms with Crippen LogP contribution >= 0.6 is 27.3 Å². The van der Waals surface area contributed by atoms with Gasteiger partial charge in [0.15, 0.2) is 11.5 Å². The highest BCUT2D eigenvalue weighted by atomic mass is 79.9. The summed E-state index contributed by atoms with van der Waals surface area (Å²) in [6, 6.07) is 15.1. The van der Waals surface area contributed by atoms with Crippen LogP contribution in [0.15, 0.2) is 64.1 Å². The van der Waals surface area contributed by atoms with Gasteiger partial charge in [-0.2, -0.15) is 0 Å². The molecule has 1 N–H and O–H groups in total. The van der Waals surface area contributed by atoms with Gasteiger partial charge in [-0.05, 0) is 49.7 Å². The number of hydrogen-bond donors (Lipinski definition) is 1. The van der Waals surface area contributed by atoms with Crippen molar-refractivity contribution in [1.82, 2.24) is 9.55 Å². The second kappa shape index (κ2) is 8.45. The van der Waals surface area contributed by atoms with Crippen molar-refractivity contribution in [3.63, 3.8) is 0 Å². The van der Waals surface area contributed by atoms with E-state index in [1.54, 1.807) is 32.0 Å². The molecule has 2 aromatic carbocycles. The van der Waals surface area contributed by atoms with E-state index in [9.17, 15) is 9.90 Å². The van der Waals surface area contributed by atoms with Crippen molar-refractivity contribution in [1.29, 1.82) is 0 Å². The fourth-order valence-corrected chi connectivity index (χ4v) is 4.34. The van der Waals surface area contributed by atoms with Gasteiger partial charge in [0, 0.05) is 15.4 Å². The highest BCUT2D eigenvalue weighted by molar-refractivity contribution is 9.10. The van der Waals surface area contributed by atoms with E-state index in [1.165, 1.54) is 29.3 Å². The summed E-state index contributed by atoms with van der Waals surface area (Å²) in [5, 5.41) is 9.89. The molecule has 31 heavy (non-hydrogen) atoms. The molecular formula is C23H21BrN2O4S. The van der Waals surface area contributed by atoms with Crippen LogP contribution < -0.4 is 15.0 Å². The van der Waals surface area contributed by atoms with E-state index in [4.69, 9.17) is 9.47 Å². The summed E-state index contributed by atoms with van der Waals surface area (Å²) in [5.41, 5.74) is 1.20. The molecule has 0 radical (unpaired) electrons. The summed E-state index contributed by atoms with van der Waals surface area (Å²) >= 11 is 4.86. The SMILES string of the molecule is COc1cc(-n2cnc3cc(-c4ccc(Br)cc4)sc3c2=O)ccc1OCC(C)(C)O. The minimum atomic E-state index is -0.971. The van der Waals surface area contributed by atoms with Crippen LogP contribution in [0.2, 0.25) is 0 Å². The molecule has 2 heterocycles. The lowest BCUT2D eigenvalue weighted by Crippen LogP contribution is -2.28. The van der Waals surface area contributed by atoms with Gasteiger partial charge in [0.05, 0.1) is 23.9 Å². The molecule has 0 spiro atoms. The number of fused-ring (bicyclic) bond motifs is 1. The number of aromatic nitrogens is 2. The first-order valence-corrected chi connectivity index (χ1v) is 11.2. The Morgan fingerprint density at radius 3 is 2.55 bits per heavy atom. The molecule has 0 saturated carbocycles. The third-order valence-corrected chi connectivity index (χ3v) is 6.26. The number of ether oxygens (including phenoxy) is 2. The van der Waals surface area contributed by atoms with Crippen LogP contribution in [0.5, 0.6) is 11.5 Å². The van der Waals surface area contributed by atoms with Crippen molar-refractivity contribution in [3.8, 4) is 27.6 Å². The maximum absolute atomic E-state index is 13.2. The summed E-state index contributed by atoms with van der Waals surface area (Å²) in [7, 11) is 1.53. The third kappa shape index (κ3) is 4.66. The quantitative estimate of drug-likeness (QED) is 0.401. The molecule has 4 rings (SSSR count). The second-order valence-electron chi connectivity index (χ2n) is 7.69. The molecule has 0 unspecified atom stereocenters. The normalized spacial score (nSPS) is 11.6. The Balaban J connectivity index is 1.71. The Hall–Kier alpha value is -2.68. The number of benzene rings is 2. The van der Waals surface area contributed by atoms with E-state index in [0.717, 1.165) is 14.9 Å². The van der Waals surface area contributed by atoms with Crippen LogP contribution in [0.1, 0.15) is 13.8 Å². The van der Waals surface area contributed by atoms with Crippen molar-refractivity contribution in [2.75, 3.05) is 13.7 Å². The van der Waals surface area contributed by atoms with Gasteiger partial charge in [0.1, 0.15) is 17.6 Å². The minimum absolute atomic E-state index is 0.115. The summed E-state index contributed by atoms with van der Waals surface area (Å²) in [5.74, 6) is 0.958. The van der Waals surface area contributed by atoms with Crippen molar-refractivity contribution >= 4 is 37.5 Å². The largest absolute Gasteiger partial charge is 0.493 e. The predicted molar refractivity (Wildman–Crippen MR) is 127 cm³/mol. The van der Waals surface area contributed by atoms with E-state index in [2.05, 4.69) is 20.9 Å². The minimum Gasteiger partial charge on any atom is -0.493 e. The lowest BCUT2D eigenvalue weighted by molar-refractivity contribution is 0.0276. The Kier molecular flexibility index (Phi) is 5.88. The van der Waals surface area contributed by atoms with Crippen LogP contribution in [0.3, 0.4) is 0 Å². The van der Waals surface area contributed by atoms with Crippen molar-refractivity contribution in [3.05, 3.63) is 69.7 Å². The maximum Gasteiger partial charge on any atom is 0.275 e. The average molecular weight is 501 g/mol. The van der Waals surface area contributed by atoms with Gasteiger partial charge in [-0.25, -0.2) is 4.98 Å². The molecular weight excluding hydrogens is 480 g/mol. The number of nitrogens with zero attached hydrogens (tertiary/aromatic N) is 2. The molecule has 6 nitrogen and oxygen atoms in total. The summed E-state index contributed by atoms with van der Waals surface area (Å²) in [6.45, 7) is 3.44. The van der Waals surface area contributed by atoms with Crippen molar-refractivity contribution in [2.45, 2.75) is 19.4 Å². The van der Waals surface area contributed by atoms with Crippen LogP contribution in [0.25, 0.3) is 26.3 Å². The fraction of sp³-hybridized carbons (Fsp3) is 0.217. The highest BCUT2D eigenvalue weighted by Crippen LogP contribution is 2.33. The molecule has 8 heteroatoms. The second-order valence-corrected chi connectivity index (χ2v) is 9.66. The Labute approximate surface area is 191 Å². The van der Waals surface area contributed by atoms with E-state index in [1.807, 2.05) is 30.3 Å². The lowest BCUT2D eigenvalue weighted by Gasteiger charge is -2.19. The average Bonchev–Trinajstić information content (AvgIpc) is 3.18. The molecule has 0 bridgehead atoms. The van der Waals surface area contributed by atoms with Gasteiger partial charge in [-0.15, -0.1) is 11.3 Å². The Morgan fingerprint density at radius 2 is 1.87 bits per heavy atom.